The number of nitrogens with zero attached hydrogens (tertiary/aromatic N) is 3. The summed E-state index contributed by atoms with van der Waals surface area (Å²) in [5.41, 5.74) is 9.69. The Balaban J connectivity index is 1.95. The van der Waals surface area contributed by atoms with E-state index in [1.807, 2.05) is 12.4 Å². The second-order valence-electron chi connectivity index (χ2n) is 8.24. The maximum absolute atomic E-state index is 5.78. The normalized spacial score (nSPS) is 23.0. The van der Waals surface area contributed by atoms with Crippen molar-refractivity contribution < 1.29 is 0 Å². The van der Waals surface area contributed by atoms with E-state index in [4.69, 9.17) is 15.7 Å². The minimum atomic E-state index is -0.0877. The SMILES string of the molecule is CC1CC=CN=C1C(C)(C)N(CCCCN)C1CCCc2cccnc21. The van der Waals surface area contributed by atoms with Gasteiger partial charge in [0.1, 0.15) is 0 Å². The van der Waals surface area contributed by atoms with Gasteiger partial charge in [0.2, 0.25) is 0 Å². The van der Waals surface area contributed by atoms with Crippen LogP contribution >= 0.6 is 0 Å². The van der Waals surface area contributed by atoms with E-state index < -0.39 is 0 Å². The lowest BCUT2D eigenvalue weighted by atomic mass is 9.81. The van der Waals surface area contributed by atoms with Gasteiger partial charge in [0.25, 0.3) is 0 Å². The molecular weight excluding hydrogens is 320 g/mol. The third-order valence-corrected chi connectivity index (χ3v) is 6.02. The lowest BCUT2D eigenvalue weighted by Gasteiger charge is -2.47. The van der Waals surface area contributed by atoms with E-state index in [0.29, 0.717) is 12.0 Å². The van der Waals surface area contributed by atoms with Gasteiger partial charge in [-0.05, 0) is 83.0 Å². The Morgan fingerprint density at radius 2 is 2.15 bits per heavy atom. The lowest BCUT2D eigenvalue weighted by Crippen LogP contribution is -2.54. The summed E-state index contributed by atoms with van der Waals surface area (Å²) in [6.45, 7) is 8.80. The Labute approximate surface area is 158 Å². The zero-order valence-corrected chi connectivity index (χ0v) is 16.6. The number of rotatable bonds is 7. The molecule has 0 aromatic carbocycles. The Morgan fingerprint density at radius 3 is 2.92 bits per heavy atom. The van der Waals surface area contributed by atoms with E-state index in [1.54, 1.807) is 0 Å². The first kappa shape index (κ1) is 19.2. The molecule has 2 atom stereocenters. The van der Waals surface area contributed by atoms with Crippen molar-refractivity contribution in [2.75, 3.05) is 13.1 Å². The number of allylic oxidation sites excluding steroid dienone is 1. The second-order valence-corrected chi connectivity index (χ2v) is 8.24. The van der Waals surface area contributed by atoms with Crippen molar-refractivity contribution >= 4 is 5.71 Å². The van der Waals surface area contributed by atoms with Crippen molar-refractivity contribution in [2.45, 2.75) is 70.9 Å². The van der Waals surface area contributed by atoms with Crippen molar-refractivity contribution in [3.63, 3.8) is 0 Å². The van der Waals surface area contributed by atoms with E-state index >= 15 is 0 Å². The molecule has 1 aliphatic carbocycles. The highest BCUT2D eigenvalue weighted by Gasteiger charge is 2.40. The summed E-state index contributed by atoms with van der Waals surface area (Å²) in [5.74, 6) is 0.485. The van der Waals surface area contributed by atoms with Crippen molar-refractivity contribution in [1.82, 2.24) is 9.88 Å². The number of unbranched alkanes of at least 4 members (excludes halogenated alkanes) is 1. The molecule has 26 heavy (non-hydrogen) atoms. The van der Waals surface area contributed by atoms with E-state index in [1.165, 1.54) is 29.8 Å². The van der Waals surface area contributed by atoms with Gasteiger partial charge >= 0.3 is 0 Å². The van der Waals surface area contributed by atoms with Gasteiger partial charge in [-0.25, -0.2) is 0 Å². The van der Waals surface area contributed by atoms with E-state index in [9.17, 15) is 0 Å². The molecular formula is C22H34N4. The zero-order chi connectivity index (χ0) is 18.6. The number of hydrogen-bond donors (Lipinski definition) is 1. The van der Waals surface area contributed by atoms with Crippen LogP contribution in [0.4, 0.5) is 0 Å². The molecule has 1 aromatic rings. The molecule has 0 radical (unpaired) electrons. The molecule has 2 N–H and O–H groups in total. The highest BCUT2D eigenvalue weighted by Crippen LogP contribution is 2.39. The van der Waals surface area contributed by atoms with Gasteiger partial charge in [-0.2, -0.15) is 0 Å². The molecule has 4 nitrogen and oxygen atoms in total. The Bertz CT molecular complexity index is 662. The maximum atomic E-state index is 5.78. The monoisotopic (exact) mass is 354 g/mol. The third-order valence-electron chi connectivity index (χ3n) is 6.02. The first-order chi connectivity index (χ1) is 12.6. The summed E-state index contributed by atoms with van der Waals surface area (Å²) in [7, 11) is 0. The number of aliphatic imine (C=N–C) groups is 1. The third kappa shape index (κ3) is 3.91. The molecule has 0 amide bonds. The topological polar surface area (TPSA) is 54.5 Å². The molecule has 0 saturated carbocycles. The standard InChI is InChI=1S/C22H34N4/c1-17-9-7-15-25-21(17)22(2,3)26(16-5-4-13-23)19-12-6-10-18-11-8-14-24-20(18)19/h7-8,11,14-15,17,19H,4-6,9-10,12-13,16,23H2,1-3H3. The Kier molecular flexibility index (Phi) is 6.25. The van der Waals surface area contributed by atoms with Crippen LogP contribution in [0.15, 0.2) is 35.6 Å². The lowest BCUT2D eigenvalue weighted by molar-refractivity contribution is 0.0949. The fourth-order valence-electron chi connectivity index (χ4n) is 4.68. The molecule has 2 heterocycles. The van der Waals surface area contributed by atoms with Gasteiger partial charge < -0.3 is 5.73 Å². The Morgan fingerprint density at radius 1 is 1.31 bits per heavy atom. The van der Waals surface area contributed by atoms with Gasteiger partial charge in [-0.15, -0.1) is 0 Å². The van der Waals surface area contributed by atoms with Crippen molar-refractivity contribution in [2.24, 2.45) is 16.6 Å². The van der Waals surface area contributed by atoms with Crippen LogP contribution in [0.5, 0.6) is 0 Å². The summed E-state index contributed by atoms with van der Waals surface area (Å²) < 4.78 is 0. The minimum Gasteiger partial charge on any atom is -0.330 e. The van der Waals surface area contributed by atoms with Gasteiger partial charge in [-0.1, -0.05) is 19.1 Å². The van der Waals surface area contributed by atoms with Crippen LogP contribution in [-0.4, -0.2) is 34.2 Å². The fourth-order valence-corrected chi connectivity index (χ4v) is 4.68. The molecule has 0 bridgehead atoms. The van der Waals surface area contributed by atoms with Gasteiger partial charge in [-0.3, -0.25) is 14.9 Å². The smallest absolute Gasteiger partial charge is 0.0607 e. The summed E-state index contributed by atoms with van der Waals surface area (Å²) >= 11 is 0. The zero-order valence-electron chi connectivity index (χ0n) is 16.6. The average Bonchev–Trinajstić information content (AvgIpc) is 2.65. The average molecular weight is 355 g/mol. The minimum absolute atomic E-state index is 0.0877. The quantitative estimate of drug-likeness (QED) is 0.744. The molecule has 3 rings (SSSR count). The highest BCUT2D eigenvalue weighted by molar-refractivity contribution is 5.95. The van der Waals surface area contributed by atoms with Crippen molar-refractivity contribution in [1.29, 1.82) is 0 Å². The van der Waals surface area contributed by atoms with Crippen LogP contribution in [0, 0.1) is 5.92 Å². The molecule has 4 heteroatoms. The first-order valence-electron chi connectivity index (χ1n) is 10.2. The van der Waals surface area contributed by atoms with E-state index in [-0.39, 0.29) is 5.54 Å². The van der Waals surface area contributed by atoms with Crippen LogP contribution in [0.1, 0.15) is 70.2 Å². The molecule has 0 spiro atoms. The van der Waals surface area contributed by atoms with Crippen LogP contribution in [0.25, 0.3) is 0 Å². The number of pyridine rings is 1. The van der Waals surface area contributed by atoms with Crippen molar-refractivity contribution in [3.8, 4) is 0 Å². The molecule has 0 fully saturated rings. The van der Waals surface area contributed by atoms with Gasteiger partial charge in [0, 0.05) is 18.1 Å². The van der Waals surface area contributed by atoms with Crippen LogP contribution < -0.4 is 5.73 Å². The molecule has 142 valence electrons. The molecule has 1 aliphatic heterocycles. The molecule has 0 saturated heterocycles. The predicted octanol–water partition coefficient (Wildman–Crippen LogP) is 4.27. The van der Waals surface area contributed by atoms with E-state index in [0.717, 1.165) is 38.8 Å². The molecule has 1 aromatic heterocycles. The highest BCUT2D eigenvalue weighted by atomic mass is 15.2. The van der Waals surface area contributed by atoms with E-state index in [2.05, 4.69) is 43.9 Å². The molecule has 2 aliphatic rings. The summed E-state index contributed by atoms with van der Waals surface area (Å²) in [6.07, 6.45) is 12.9. The molecule has 2 unspecified atom stereocenters. The summed E-state index contributed by atoms with van der Waals surface area (Å²) in [5, 5.41) is 0. The van der Waals surface area contributed by atoms with Gasteiger partial charge in [0.15, 0.2) is 0 Å². The van der Waals surface area contributed by atoms with Crippen molar-refractivity contribution in [3.05, 3.63) is 41.9 Å². The number of fused-ring (bicyclic) bond motifs is 1. The number of aryl methyl sites for hydroxylation is 1. The second kappa shape index (κ2) is 8.45. The van der Waals surface area contributed by atoms with Gasteiger partial charge in [0.05, 0.1) is 17.3 Å². The summed E-state index contributed by atoms with van der Waals surface area (Å²) in [6, 6.07) is 4.69. The Hall–Kier alpha value is -1.52. The number of aromatic nitrogens is 1. The largest absolute Gasteiger partial charge is 0.330 e. The predicted molar refractivity (Wildman–Crippen MR) is 109 cm³/mol. The van der Waals surface area contributed by atoms with Crippen LogP contribution in [0.2, 0.25) is 0 Å². The fraction of sp³-hybridized carbons (Fsp3) is 0.636. The van der Waals surface area contributed by atoms with Crippen LogP contribution in [0.3, 0.4) is 0 Å². The summed E-state index contributed by atoms with van der Waals surface area (Å²) in [4.78, 5) is 12.3. The number of hydrogen-bond acceptors (Lipinski definition) is 4. The van der Waals surface area contributed by atoms with Crippen LogP contribution in [-0.2, 0) is 6.42 Å². The number of nitrogens with two attached hydrogens (primary N) is 1. The first-order valence-corrected chi connectivity index (χ1v) is 10.2. The maximum Gasteiger partial charge on any atom is 0.0607 e.